The van der Waals surface area contributed by atoms with Crippen LogP contribution in [0.1, 0.15) is 68.1 Å². The molecule has 2 aromatic carbocycles. The minimum absolute atomic E-state index is 0.162. The first-order valence-electron chi connectivity index (χ1n) is 9.39. The number of benzene rings is 2. The van der Waals surface area contributed by atoms with E-state index >= 15 is 0 Å². The Labute approximate surface area is 155 Å². The molecule has 0 aliphatic heterocycles. The van der Waals surface area contributed by atoms with Crippen molar-refractivity contribution in [3.05, 3.63) is 70.0 Å². The zero-order valence-corrected chi connectivity index (χ0v) is 15.6. The van der Waals surface area contributed by atoms with Gasteiger partial charge in [0.15, 0.2) is 0 Å². The second-order valence-electron chi connectivity index (χ2n) is 7.18. The Bertz CT molecular complexity index is 709. The maximum Gasteiger partial charge on any atom is 0.142 e. The molecule has 1 aliphatic carbocycles. The fourth-order valence-electron chi connectivity index (χ4n) is 3.88. The predicted molar refractivity (Wildman–Crippen MR) is 106 cm³/mol. The van der Waals surface area contributed by atoms with E-state index in [1.165, 1.54) is 50.2 Å². The molecule has 3 rings (SSSR count). The molecule has 25 heavy (non-hydrogen) atoms. The normalized spacial score (nSPS) is 20.9. The summed E-state index contributed by atoms with van der Waals surface area (Å²) < 4.78 is 13.5. The van der Waals surface area contributed by atoms with Crippen LogP contribution in [0.2, 0.25) is 5.02 Å². The molecular formula is C23H26ClF. The van der Waals surface area contributed by atoms with Gasteiger partial charge in [-0.25, -0.2) is 4.39 Å². The Morgan fingerprint density at radius 2 is 1.60 bits per heavy atom. The molecule has 132 valence electrons. The highest BCUT2D eigenvalue weighted by Gasteiger charge is 2.21. The third-order valence-electron chi connectivity index (χ3n) is 5.36. The van der Waals surface area contributed by atoms with Crippen LogP contribution in [-0.4, -0.2) is 0 Å². The number of rotatable bonds is 5. The fourth-order valence-corrected chi connectivity index (χ4v) is 4.00. The van der Waals surface area contributed by atoms with Gasteiger partial charge in [-0.3, -0.25) is 0 Å². The molecule has 1 saturated carbocycles. The minimum Gasteiger partial charge on any atom is -0.205 e. The van der Waals surface area contributed by atoms with Crippen LogP contribution in [0.5, 0.6) is 0 Å². The number of halogens is 2. The first-order chi connectivity index (χ1) is 12.2. The lowest BCUT2D eigenvalue weighted by molar-refractivity contribution is 0.308. The van der Waals surface area contributed by atoms with Gasteiger partial charge in [0.2, 0.25) is 0 Å². The van der Waals surface area contributed by atoms with Crippen molar-refractivity contribution < 1.29 is 4.39 Å². The Hall–Kier alpha value is -1.60. The van der Waals surface area contributed by atoms with Crippen LogP contribution in [0, 0.1) is 11.7 Å². The largest absolute Gasteiger partial charge is 0.205 e. The van der Waals surface area contributed by atoms with Crippen LogP contribution in [-0.2, 0) is 0 Å². The average molecular weight is 357 g/mol. The zero-order chi connectivity index (χ0) is 17.6. The second-order valence-corrected chi connectivity index (χ2v) is 7.59. The monoisotopic (exact) mass is 356 g/mol. The highest BCUT2D eigenvalue weighted by Crippen LogP contribution is 2.37. The van der Waals surface area contributed by atoms with Crippen LogP contribution in [0.3, 0.4) is 0 Å². The SMILES string of the molecule is CCCC1CCC(c2ccc(/C=C/c3ccc(Cl)c(F)c3)cc2)CC1. The van der Waals surface area contributed by atoms with Crippen molar-refractivity contribution >= 4 is 23.8 Å². The van der Waals surface area contributed by atoms with Crippen LogP contribution < -0.4 is 0 Å². The Balaban J connectivity index is 1.60. The maximum absolute atomic E-state index is 13.5. The molecule has 0 spiro atoms. The molecule has 0 unspecified atom stereocenters. The van der Waals surface area contributed by atoms with Crippen molar-refractivity contribution in [3.63, 3.8) is 0 Å². The molecule has 0 aromatic heterocycles. The summed E-state index contributed by atoms with van der Waals surface area (Å²) in [6, 6.07) is 13.7. The fraction of sp³-hybridized carbons (Fsp3) is 0.391. The molecule has 2 aromatic rings. The standard InChI is InChI=1S/C23H26ClF/c1-2-3-17-6-11-20(12-7-17)21-13-8-18(9-14-21)4-5-19-10-15-22(24)23(25)16-19/h4-5,8-10,13-17,20H,2-3,6-7,11-12H2,1H3/b5-4+. The quantitative estimate of drug-likeness (QED) is 0.481. The molecule has 0 atom stereocenters. The van der Waals surface area contributed by atoms with Gasteiger partial charge in [0.05, 0.1) is 5.02 Å². The van der Waals surface area contributed by atoms with E-state index in [0.717, 1.165) is 23.0 Å². The van der Waals surface area contributed by atoms with Crippen molar-refractivity contribution in [2.45, 2.75) is 51.4 Å². The lowest BCUT2D eigenvalue weighted by Gasteiger charge is -2.28. The van der Waals surface area contributed by atoms with Crippen molar-refractivity contribution in [1.82, 2.24) is 0 Å². The molecule has 0 saturated heterocycles. The number of hydrogen-bond acceptors (Lipinski definition) is 0. The summed E-state index contributed by atoms with van der Waals surface area (Å²) in [5.74, 6) is 1.29. The van der Waals surface area contributed by atoms with Crippen LogP contribution in [0.25, 0.3) is 12.2 Å². The highest BCUT2D eigenvalue weighted by atomic mass is 35.5. The first-order valence-corrected chi connectivity index (χ1v) is 9.76. The molecule has 1 aliphatic rings. The van der Waals surface area contributed by atoms with Crippen molar-refractivity contribution in [1.29, 1.82) is 0 Å². The lowest BCUT2D eigenvalue weighted by atomic mass is 9.77. The van der Waals surface area contributed by atoms with Gasteiger partial charge in [-0.2, -0.15) is 0 Å². The van der Waals surface area contributed by atoms with Gasteiger partial charge in [-0.1, -0.05) is 73.9 Å². The van der Waals surface area contributed by atoms with E-state index in [0.29, 0.717) is 0 Å². The van der Waals surface area contributed by atoms with Crippen LogP contribution in [0.15, 0.2) is 42.5 Å². The van der Waals surface area contributed by atoms with Gasteiger partial charge in [0, 0.05) is 0 Å². The molecule has 0 N–H and O–H groups in total. The summed E-state index contributed by atoms with van der Waals surface area (Å²) in [7, 11) is 0. The summed E-state index contributed by atoms with van der Waals surface area (Å²) in [5.41, 5.74) is 3.42. The van der Waals surface area contributed by atoms with Crippen molar-refractivity contribution in [2.75, 3.05) is 0 Å². The maximum atomic E-state index is 13.5. The van der Waals surface area contributed by atoms with E-state index < -0.39 is 0 Å². The van der Waals surface area contributed by atoms with E-state index in [1.807, 2.05) is 18.2 Å². The first kappa shape index (κ1) is 18.2. The van der Waals surface area contributed by atoms with Gasteiger partial charge in [-0.05, 0) is 66.3 Å². The molecule has 0 amide bonds. The second kappa shape index (κ2) is 8.67. The summed E-state index contributed by atoms with van der Waals surface area (Å²) >= 11 is 5.72. The third-order valence-corrected chi connectivity index (χ3v) is 5.67. The Morgan fingerprint density at radius 3 is 2.24 bits per heavy atom. The molecular weight excluding hydrogens is 331 g/mol. The van der Waals surface area contributed by atoms with Gasteiger partial charge in [0.25, 0.3) is 0 Å². The average Bonchev–Trinajstić information content (AvgIpc) is 2.64. The van der Waals surface area contributed by atoms with E-state index in [-0.39, 0.29) is 10.8 Å². The summed E-state index contributed by atoms with van der Waals surface area (Å²) in [5, 5.41) is 0.162. The van der Waals surface area contributed by atoms with Crippen LogP contribution in [0.4, 0.5) is 4.39 Å². The zero-order valence-electron chi connectivity index (χ0n) is 14.8. The van der Waals surface area contributed by atoms with Gasteiger partial charge >= 0.3 is 0 Å². The predicted octanol–water partition coefficient (Wildman–Crippen LogP) is 7.72. The topological polar surface area (TPSA) is 0 Å². The van der Waals surface area contributed by atoms with Gasteiger partial charge in [-0.15, -0.1) is 0 Å². The molecule has 0 radical (unpaired) electrons. The molecule has 2 heteroatoms. The van der Waals surface area contributed by atoms with E-state index in [4.69, 9.17) is 11.6 Å². The number of hydrogen-bond donors (Lipinski definition) is 0. The molecule has 0 bridgehead atoms. The Kier molecular flexibility index (Phi) is 6.31. The van der Waals surface area contributed by atoms with Crippen molar-refractivity contribution in [3.8, 4) is 0 Å². The summed E-state index contributed by atoms with van der Waals surface area (Å²) in [6.07, 6.45) is 12.0. The van der Waals surface area contributed by atoms with E-state index in [1.54, 1.807) is 6.07 Å². The molecule has 0 heterocycles. The van der Waals surface area contributed by atoms with E-state index in [9.17, 15) is 4.39 Å². The summed E-state index contributed by atoms with van der Waals surface area (Å²) in [6.45, 7) is 2.29. The lowest BCUT2D eigenvalue weighted by Crippen LogP contribution is -2.13. The van der Waals surface area contributed by atoms with Crippen LogP contribution >= 0.6 is 11.6 Å². The Morgan fingerprint density at radius 1 is 0.960 bits per heavy atom. The minimum atomic E-state index is -0.377. The summed E-state index contributed by atoms with van der Waals surface area (Å²) in [4.78, 5) is 0. The molecule has 0 nitrogen and oxygen atoms in total. The smallest absolute Gasteiger partial charge is 0.142 e. The van der Waals surface area contributed by atoms with E-state index in [2.05, 4.69) is 31.2 Å². The van der Waals surface area contributed by atoms with Gasteiger partial charge < -0.3 is 0 Å². The third kappa shape index (κ3) is 4.95. The van der Waals surface area contributed by atoms with Gasteiger partial charge in [0.1, 0.15) is 5.82 Å². The molecule has 1 fully saturated rings. The van der Waals surface area contributed by atoms with Crippen molar-refractivity contribution in [2.24, 2.45) is 5.92 Å². The highest BCUT2D eigenvalue weighted by molar-refractivity contribution is 6.30.